The van der Waals surface area contributed by atoms with Crippen LogP contribution in [-0.2, 0) is 0 Å². The first-order valence-corrected chi connectivity index (χ1v) is 6.27. The maximum absolute atomic E-state index is 4.31. The molecule has 1 aromatic rings. The molecule has 1 saturated heterocycles. The zero-order chi connectivity index (χ0) is 10.7. The summed E-state index contributed by atoms with van der Waals surface area (Å²) >= 11 is 3.38. The molecule has 1 aliphatic heterocycles. The van der Waals surface area contributed by atoms with Crippen LogP contribution in [0.4, 0.5) is 5.82 Å². The van der Waals surface area contributed by atoms with Gasteiger partial charge in [-0.1, -0.05) is 6.92 Å². The van der Waals surface area contributed by atoms with Crippen LogP contribution in [0.1, 0.15) is 26.2 Å². The molecule has 0 aromatic carbocycles. The molecule has 1 aliphatic rings. The molecule has 2 rings (SSSR count). The highest BCUT2D eigenvalue weighted by Crippen LogP contribution is 2.21. The van der Waals surface area contributed by atoms with Gasteiger partial charge < -0.3 is 4.90 Å². The standard InChI is InChI=1S/C11H16BrN3/c1-9-3-2-5-15(6-4-9)11-7-10(12)13-8-14-11/h7-9H,2-6H2,1H3. The smallest absolute Gasteiger partial charge is 0.133 e. The summed E-state index contributed by atoms with van der Waals surface area (Å²) in [5.41, 5.74) is 0. The van der Waals surface area contributed by atoms with Crippen LogP contribution >= 0.6 is 15.9 Å². The van der Waals surface area contributed by atoms with Gasteiger partial charge in [0.05, 0.1) is 0 Å². The van der Waals surface area contributed by atoms with Gasteiger partial charge in [-0.25, -0.2) is 9.97 Å². The molecule has 0 N–H and O–H groups in total. The molecule has 1 atom stereocenters. The third kappa shape index (κ3) is 2.91. The maximum atomic E-state index is 4.31. The third-order valence-corrected chi connectivity index (χ3v) is 3.39. The first-order valence-electron chi connectivity index (χ1n) is 5.48. The molecule has 2 heterocycles. The monoisotopic (exact) mass is 269 g/mol. The minimum atomic E-state index is 0.847. The van der Waals surface area contributed by atoms with E-state index >= 15 is 0 Å². The Morgan fingerprint density at radius 1 is 1.33 bits per heavy atom. The van der Waals surface area contributed by atoms with Crippen molar-refractivity contribution in [3.05, 3.63) is 17.0 Å². The molecule has 1 fully saturated rings. The third-order valence-electron chi connectivity index (χ3n) is 2.96. The Hall–Kier alpha value is -0.640. The fourth-order valence-corrected chi connectivity index (χ4v) is 2.29. The van der Waals surface area contributed by atoms with Crippen molar-refractivity contribution in [3.8, 4) is 0 Å². The van der Waals surface area contributed by atoms with Gasteiger partial charge in [0.2, 0.25) is 0 Å². The Morgan fingerprint density at radius 2 is 2.20 bits per heavy atom. The lowest BCUT2D eigenvalue weighted by Crippen LogP contribution is -2.25. The zero-order valence-corrected chi connectivity index (χ0v) is 10.6. The van der Waals surface area contributed by atoms with Crippen LogP contribution < -0.4 is 4.90 Å². The number of hydrogen-bond acceptors (Lipinski definition) is 3. The van der Waals surface area contributed by atoms with Crippen LogP contribution in [-0.4, -0.2) is 23.1 Å². The molecule has 15 heavy (non-hydrogen) atoms. The first-order chi connectivity index (χ1) is 7.25. The summed E-state index contributed by atoms with van der Waals surface area (Å²) in [5, 5.41) is 0. The van der Waals surface area contributed by atoms with Crippen molar-refractivity contribution < 1.29 is 0 Å². The van der Waals surface area contributed by atoms with E-state index in [1.165, 1.54) is 19.3 Å². The van der Waals surface area contributed by atoms with Gasteiger partial charge in [0.1, 0.15) is 16.7 Å². The maximum Gasteiger partial charge on any atom is 0.133 e. The van der Waals surface area contributed by atoms with E-state index in [-0.39, 0.29) is 0 Å². The van der Waals surface area contributed by atoms with E-state index in [4.69, 9.17) is 0 Å². The predicted octanol–water partition coefficient (Wildman–Crippen LogP) is 2.87. The second-order valence-electron chi connectivity index (χ2n) is 4.22. The molecule has 82 valence electrons. The van der Waals surface area contributed by atoms with E-state index in [1.54, 1.807) is 6.33 Å². The minimum absolute atomic E-state index is 0.847. The number of anilines is 1. The summed E-state index contributed by atoms with van der Waals surface area (Å²) in [4.78, 5) is 10.7. The molecule has 3 nitrogen and oxygen atoms in total. The number of nitrogens with zero attached hydrogens (tertiary/aromatic N) is 3. The molecule has 4 heteroatoms. The van der Waals surface area contributed by atoms with Crippen molar-refractivity contribution in [1.29, 1.82) is 0 Å². The zero-order valence-electron chi connectivity index (χ0n) is 8.99. The first kappa shape index (κ1) is 10.9. The Balaban J connectivity index is 2.09. The van der Waals surface area contributed by atoms with Crippen molar-refractivity contribution in [3.63, 3.8) is 0 Å². The molecule has 1 unspecified atom stereocenters. The quantitative estimate of drug-likeness (QED) is 0.735. The Kier molecular flexibility index (Phi) is 3.57. The van der Waals surface area contributed by atoms with Gasteiger partial charge in [-0.15, -0.1) is 0 Å². The normalized spacial score (nSPS) is 22.5. The summed E-state index contributed by atoms with van der Waals surface area (Å²) in [6.45, 7) is 4.57. The summed E-state index contributed by atoms with van der Waals surface area (Å²) in [6, 6.07) is 2.00. The van der Waals surface area contributed by atoms with Crippen molar-refractivity contribution in [1.82, 2.24) is 9.97 Å². The van der Waals surface area contributed by atoms with E-state index in [0.717, 1.165) is 29.4 Å². The lowest BCUT2D eigenvalue weighted by Gasteiger charge is -2.21. The Morgan fingerprint density at radius 3 is 3.00 bits per heavy atom. The highest BCUT2D eigenvalue weighted by Gasteiger charge is 2.14. The largest absolute Gasteiger partial charge is 0.356 e. The van der Waals surface area contributed by atoms with Gasteiger partial charge in [-0.2, -0.15) is 0 Å². The van der Waals surface area contributed by atoms with Gasteiger partial charge in [-0.3, -0.25) is 0 Å². The molecular formula is C11H16BrN3. The molecule has 1 aromatic heterocycles. The van der Waals surface area contributed by atoms with Gasteiger partial charge in [0, 0.05) is 19.2 Å². The van der Waals surface area contributed by atoms with Crippen molar-refractivity contribution in [2.45, 2.75) is 26.2 Å². The second-order valence-corrected chi connectivity index (χ2v) is 5.03. The summed E-state index contributed by atoms with van der Waals surface area (Å²) in [5.74, 6) is 1.89. The average molecular weight is 270 g/mol. The van der Waals surface area contributed by atoms with Gasteiger partial charge in [0.15, 0.2) is 0 Å². The van der Waals surface area contributed by atoms with Crippen LogP contribution in [0.3, 0.4) is 0 Å². The van der Waals surface area contributed by atoms with Crippen LogP contribution in [0.5, 0.6) is 0 Å². The molecule has 0 aliphatic carbocycles. The van der Waals surface area contributed by atoms with Crippen LogP contribution in [0.15, 0.2) is 17.0 Å². The molecule has 0 amide bonds. The number of rotatable bonds is 1. The summed E-state index contributed by atoms with van der Waals surface area (Å²) in [7, 11) is 0. The Bertz CT molecular complexity index is 329. The number of aromatic nitrogens is 2. The number of hydrogen-bond donors (Lipinski definition) is 0. The minimum Gasteiger partial charge on any atom is -0.356 e. The summed E-state index contributed by atoms with van der Waals surface area (Å²) < 4.78 is 0.866. The molecule has 0 radical (unpaired) electrons. The lowest BCUT2D eigenvalue weighted by molar-refractivity contribution is 0.521. The molecule has 0 bridgehead atoms. The van der Waals surface area contributed by atoms with E-state index in [9.17, 15) is 0 Å². The van der Waals surface area contributed by atoms with Gasteiger partial charge >= 0.3 is 0 Å². The fraction of sp³-hybridized carbons (Fsp3) is 0.636. The lowest BCUT2D eigenvalue weighted by atomic mass is 10.0. The predicted molar refractivity (Wildman–Crippen MR) is 65.0 cm³/mol. The second kappa shape index (κ2) is 4.92. The number of halogens is 1. The van der Waals surface area contributed by atoms with E-state index in [0.29, 0.717) is 0 Å². The van der Waals surface area contributed by atoms with E-state index < -0.39 is 0 Å². The Labute approximate surface area is 99.0 Å². The molecule has 0 saturated carbocycles. The van der Waals surface area contributed by atoms with Crippen molar-refractivity contribution in [2.24, 2.45) is 5.92 Å². The van der Waals surface area contributed by atoms with Crippen LogP contribution in [0.25, 0.3) is 0 Å². The highest BCUT2D eigenvalue weighted by atomic mass is 79.9. The topological polar surface area (TPSA) is 29.0 Å². The van der Waals surface area contributed by atoms with Crippen molar-refractivity contribution in [2.75, 3.05) is 18.0 Å². The SMILES string of the molecule is CC1CCCN(c2cc(Br)ncn2)CC1. The molecule has 0 spiro atoms. The highest BCUT2D eigenvalue weighted by molar-refractivity contribution is 9.10. The van der Waals surface area contributed by atoms with Crippen LogP contribution in [0, 0.1) is 5.92 Å². The van der Waals surface area contributed by atoms with Crippen molar-refractivity contribution >= 4 is 21.7 Å². The van der Waals surface area contributed by atoms with E-state index in [2.05, 4.69) is 37.7 Å². The van der Waals surface area contributed by atoms with Gasteiger partial charge in [-0.05, 0) is 41.1 Å². The van der Waals surface area contributed by atoms with E-state index in [1.807, 2.05) is 6.07 Å². The van der Waals surface area contributed by atoms with Crippen LogP contribution in [0.2, 0.25) is 0 Å². The summed E-state index contributed by atoms with van der Waals surface area (Å²) in [6.07, 6.45) is 5.49. The average Bonchev–Trinajstić information content (AvgIpc) is 2.43. The van der Waals surface area contributed by atoms with Gasteiger partial charge in [0.25, 0.3) is 0 Å². The molecular weight excluding hydrogens is 254 g/mol. The fourth-order valence-electron chi connectivity index (χ4n) is 1.99.